The second-order valence-electron chi connectivity index (χ2n) is 6.87. The number of rotatable bonds is 2. The number of fused-ring (bicyclic) bond motifs is 6. The first-order chi connectivity index (χ1) is 13.9. The molecular weight excluding hydrogens is 344 g/mol. The Bertz CT molecular complexity index is 1440. The van der Waals surface area contributed by atoms with Crippen molar-refractivity contribution in [3.63, 3.8) is 0 Å². The Labute approximate surface area is 161 Å². The van der Waals surface area contributed by atoms with Crippen LogP contribution in [0.15, 0.2) is 102 Å². The molecule has 3 heteroatoms. The lowest BCUT2D eigenvalue weighted by atomic mass is 10.00. The number of nitrogens with zero attached hydrogens (tertiary/aromatic N) is 2. The fourth-order valence-corrected chi connectivity index (χ4v) is 4.10. The normalized spacial score (nSPS) is 11.6. The Hall–Kier alpha value is -3.85. The number of para-hydroxylation sites is 1. The molecule has 6 rings (SSSR count). The maximum absolute atomic E-state index is 5.75. The molecule has 0 aliphatic carbocycles. The van der Waals surface area contributed by atoms with E-state index in [-0.39, 0.29) is 0 Å². The topological polar surface area (TPSA) is 31.0 Å². The minimum Gasteiger partial charge on any atom is -0.461 e. The predicted octanol–water partition coefficient (Wildman–Crippen LogP) is 6.59. The molecule has 0 saturated carbocycles. The molecule has 2 heterocycles. The second-order valence-corrected chi connectivity index (χ2v) is 6.87. The van der Waals surface area contributed by atoms with Crippen LogP contribution < -0.4 is 0 Å². The van der Waals surface area contributed by atoms with Crippen molar-refractivity contribution in [1.29, 1.82) is 0 Å². The Morgan fingerprint density at radius 3 is 1.96 bits per heavy atom. The first kappa shape index (κ1) is 15.2. The van der Waals surface area contributed by atoms with Gasteiger partial charge >= 0.3 is 0 Å². The van der Waals surface area contributed by atoms with Crippen molar-refractivity contribution in [1.82, 2.24) is 9.55 Å². The summed E-state index contributed by atoms with van der Waals surface area (Å²) >= 11 is 0. The highest BCUT2D eigenvalue weighted by Gasteiger charge is 2.20. The van der Waals surface area contributed by atoms with Crippen molar-refractivity contribution >= 4 is 32.6 Å². The molecule has 2 aromatic heterocycles. The van der Waals surface area contributed by atoms with Gasteiger partial charge in [-0.15, -0.1) is 0 Å². The van der Waals surface area contributed by atoms with E-state index in [2.05, 4.69) is 77.4 Å². The highest BCUT2D eigenvalue weighted by Crippen LogP contribution is 2.38. The summed E-state index contributed by atoms with van der Waals surface area (Å²) in [5.74, 6) is 1.57. The van der Waals surface area contributed by atoms with Crippen molar-refractivity contribution in [3.8, 4) is 17.3 Å². The average Bonchev–Trinajstić information content (AvgIpc) is 3.43. The molecule has 0 atom stereocenters. The van der Waals surface area contributed by atoms with E-state index in [1.807, 2.05) is 18.2 Å². The number of aromatic nitrogens is 2. The Balaban J connectivity index is 1.91. The zero-order valence-corrected chi connectivity index (χ0v) is 15.0. The fourth-order valence-electron chi connectivity index (χ4n) is 4.10. The average molecular weight is 360 g/mol. The lowest BCUT2D eigenvalue weighted by molar-refractivity contribution is 0.576. The van der Waals surface area contributed by atoms with E-state index in [1.165, 1.54) is 16.2 Å². The van der Waals surface area contributed by atoms with Crippen molar-refractivity contribution < 1.29 is 4.42 Å². The molecule has 0 unspecified atom stereocenters. The van der Waals surface area contributed by atoms with Gasteiger partial charge in [-0.25, -0.2) is 4.98 Å². The third-order valence-electron chi connectivity index (χ3n) is 5.29. The van der Waals surface area contributed by atoms with Crippen LogP contribution in [0.4, 0.5) is 0 Å². The van der Waals surface area contributed by atoms with Crippen LogP contribution in [0.5, 0.6) is 0 Å². The number of hydrogen-bond donors (Lipinski definition) is 0. The summed E-state index contributed by atoms with van der Waals surface area (Å²) in [5, 5.41) is 4.78. The molecule has 132 valence electrons. The SMILES string of the molecule is c1ccc(-n2c(-c3ccco3)nc3c4ccccc4c4ccccc4c32)cc1. The Morgan fingerprint density at radius 1 is 0.607 bits per heavy atom. The highest BCUT2D eigenvalue weighted by molar-refractivity contribution is 6.24. The van der Waals surface area contributed by atoms with Crippen LogP contribution >= 0.6 is 0 Å². The van der Waals surface area contributed by atoms with Crippen molar-refractivity contribution in [3.05, 3.63) is 97.3 Å². The lowest BCUT2D eigenvalue weighted by Gasteiger charge is -2.11. The summed E-state index contributed by atoms with van der Waals surface area (Å²) in [6.45, 7) is 0. The van der Waals surface area contributed by atoms with Gasteiger partial charge in [0, 0.05) is 16.5 Å². The van der Waals surface area contributed by atoms with E-state index < -0.39 is 0 Å². The van der Waals surface area contributed by atoms with Gasteiger partial charge in [-0.05, 0) is 35.0 Å². The monoisotopic (exact) mass is 360 g/mol. The third kappa shape index (κ3) is 2.07. The summed E-state index contributed by atoms with van der Waals surface area (Å²) in [6.07, 6.45) is 1.69. The van der Waals surface area contributed by atoms with Crippen LogP contribution in [0, 0.1) is 0 Å². The van der Waals surface area contributed by atoms with E-state index in [4.69, 9.17) is 9.40 Å². The smallest absolute Gasteiger partial charge is 0.181 e. The van der Waals surface area contributed by atoms with Crippen LogP contribution in [-0.4, -0.2) is 9.55 Å². The second kappa shape index (κ2) is 5.83. The molecule has 0 saturated heterocycles. The molecule has 0 N–H and O–H groups in total. The van der Waals surface area contributed by atoms with Gasteiger partial charge in [-0.1, -0.05) is 66.7 Å². The van der Waals surface area contributed by atoms with Gasteiger partial charge in [0.2, 0.25) is 0 Å². The molecule has 0 aliphatic heterocycles. The molecule has 0 radical (unpaired) electrons. The zero-order chi connectivity index (χ0) is 18.5. The van der Waals surface area contributed by atoms with Gasteiger partial charge in [-0.3, -0.25) is 4.57 Å². The van der Waals surface area contributed by atoms with Gasteiger partial charge < -0.3 is 4.42 Å². The predicted molar refractivity (Wildman–Crippen MR) is 114 cm³/mol. The standard InChI is InChI=1S/C25H16N2O/c1-2-9-17(10-3-1)27-24-21-14-7-5-12-19(21)18-11-4-6-13-20(18)23(24)26-25(27)22-15-8-16-28-22/h1-16H. The van der Waals surface area contributed by atoms with Crippen molar-refractivity contribution in [2.24, 2.45) is 0 Å². The fraction of sp³-hybridized carbons (Fsp3) is 0. The zero-order valence-electron chi connectivity index (χ0n) is 15.0. The largest absolute Gasteiger partial charge is 0.461 e. The van der Waals surface area contributed by atoms with Crippen LogP contribution in [0.3, 0.4) is 0 Å². The summed E-state index contributed by atoms with van der Waals surface area (Å²) in [7, 11) is 0. The molecule has 0 fully saturated rings. The summed E-state index contributed by atoms with van der Waals surface area (Å²) < 4.78 is 7.96. The van der Waals surface area contributed by atoms with Crippen LogP contribution in [0.25, 0.3) is 49.9 Å². The van der Waals surface area contributed by atoms with E-state index in [9.17, 15) is 0 Å². The first-order valence-electron chi connectivity index (χ1n) is 9.33. The molecular formula is C25H16N2O. The number of hydrogen-bond acceptors (Lipinski definition) is 2. The van der Waals surface area contributed by atoms with Crippen molar-refractivity contribution in [2.75, 3.05) is 0 Å². The van der Waals surface area contributed by atoms with E-state index in [0.717, 1.165) is 33.7 Å². The van der Waals surface area contributed by atoms with Crippen LogP contribution in [0.1, 0.15) is 0 Å². The quantitative estimate of drug-likeness (QED) is 0.326. The van der Waals surface area contributed by atoms with Gasteiger partial charge in [0.15, 0.2) is 11.6 Å². The summed E-state index contributed by atoms with van der Waals surface area (Å²) in [5.41, 5.74) is 3.16. The van der Waals surface area contributed by atoms with Crippen molar-refractivity contribution in [2.45, 2.75) is 0 Å². The van der Waals surface area contributed by atoms with Gasteiger partial charge in [-0.2, -0.15) is 0 Å². The van der Waals surface area contributed by atoms with Crippen LogP contribution in [0.2, 0.25) is 0 Å². The molecule has 6 aromatic rings. The van der Waals surface area contributed by atoms with E-state index >= 15 is 0 Å². The molecule has 0 aliphatic rings. The Kier molecular flexibility index (Phi) is 3.17. The van der Waals surface area contributed by atoms with Gasteiger partial charge in [0.1, 0.15) is 0 Å². The minimum absolute atomic E-state index is 0.758. The molecule has 4 aromatic carbocycles. The van der Waals surface area contributed by atoms with E-state index in [1.54, 1.807) is 6.26 Å². The molecule has 28 heavy (non-hydrogen) atoms. The van der Waals surface area contributed by atoms with Gasteiger partial charge in [0.25, 0.3) is 0 Å². The highest BCUT2D eigenvalue weighted by atomic mass is 16.3. The summed E-state index contributed by atoms with van der Waals surface area (Å²) in [4.78, 5) is 5.08. The number of imidazole rings is 1. The Morgan fingerprint density at radius 2 is 1.25 bits per heavy atom. The van der Waals surface area contributed by atoms with Crippen LogP contribution in [-0.2, 0) is 0 Å². The lowest BCUT2D eigenvalue weighted by Crippen LogP contribution is -1.97. The molecule has 3 nitrogen and oxygen atoms in total. The number of furan rings is 1. The summed E-state index contributed by atoms with van der Waals surface area (Å²) in [6, 6.07) is 31.2. The minimum atomic E-state index is 0.758. The maximum Gasteiger partial charge on any atom is 0.181 e. The molecule has 0 amide bonds. The molecule has 0 bridgehead atoms. The number of benzene rings is 4. The molecule has 0 spiro atoms. The van der Waals surface area contributed by atoms with Gasteiger partial charge in [0.05, 0.1) is 17.3 Å². The van der Waals surface area contributed by atoms with E-state index in [0.29, 0.717) is 0 Å². The first-order valence-corrected chi connectivity index (χ1v) is 9.33. The third-order valence-corrected chi connectivity index (χ3v) is 5.29. The maximum atomic E-state index is 5.75.